The number of benzene rings is 5. The van der Waals surface area contributed by atoms with Crippen LogP contribution < -0.4 is 47.4 Å². The van der Waals surface area contributed by atoms with Gasteiger partial charge in [-0.25, -0.2) is 0 Å². The highest BCUT2D eigenvalue weighted by atomic mass is 35.5. The van der Waals surface area contributed by atoms with Gasteiger partial charge in [-0.2, -0.15) is 0 Å². The van der Waals surface area contributed by atoms with Crippen molar-refractivity contribution in [2.24, 2.45) is 124 Å². The molecule has 6 saturated carbocycles. The van der Waals surface area contributed by atoms with Crippen LogP contribution in [-0.2, 0) is 62.3 Å². The average Bonchev–Trinajstić information content (AvgIpc) is 1.64. The Hall–Kier alpha value is -11.0. The molecule has 0 saturated heterocycles. The number of hydrogen-bond acceptors (Lipinski definition) is 14. The lowest BCUT2D eigenvalue weighted by Crippen LogP contribution is -2.36. The van der Waals surface area contributed by atoms with Crippen molar-refractivity contribution in [3.8, 4) is 0 Å². The number of nitrogens with one attached hydrogen (secondary N) is 8. The number of allylic oxidation sites excluding steroid dienone is 10. The number of rotatable bonds is 20. The predicted molar refractivity (Wildman–Crippen MR) is 456 cm³/mol. The fourth-order valence-corrected chi connectivity index (χ4v) is 20.3. The second-order valence-electron chi connectivity index (χ2n) is 33.2. The molecule has 0 aromatic heterocycles. The summed E-state index contributed by atoms with van der Waals surface area (Å²) in [5, 5.41) is 52.0. The SMILES string of the molecule is CC(=O)C1C2C=CC(C2)C1C(=O)Nc1ccc(NC(=O)C2CCCCC2)c(Cl)c1.CC(=O)C1C2C=CC(C2)C1C(=O)Nc1cccc(Cl)c1C.CC(=O)Nc1cc(NC(=O)C2C3C=CC(C3)C2C(=O)O)ccc1Cl.CC(=O)Nc1ccc(NC(=O)C2C3C=CC(C3)C2C(=O)O)cc1.CN(C)c1ccc(NC(=O)C2C3C=CC(C3)C2C(=O)O)cc1. The van der Waals surface area contributed by atoms with Crippen molar-refractivity contribution in [3.05, 3.63) is 185 Å². The molecule has 11 aliphatic carbocycles. The van der Waals surface area contributed by atoms with Crippen molar-refractivity contribution in [2.75, 3.05) is 61.5 Å². The number of anilines is 9. The zero-order chi connectivity index (χ0) is 85.5. The highest BCUT2D eigenvalue weighted by molar-refractivity contribution is 6.34. The lowest BCUT2D eigenvalue weighted by molar-refractivity contribution is -0.147. The van der Waals surface area contributed by atoms with Gasteiger partial charge in [-0.05, 0) is 228 Å². The lowest BCUT2D eigenvalue weighted by atomic mass is 9.80. The highest BCUT2D eigenvalue weighted by Crippen LogP contribution is 2.54. The van der Waals surface area contributed by atoms with E-state index in [0.717, 1.165) is 68.3 Å². The number of carboxylic acids is 3. The molecule has 8 amide bonds. The number of aliphatic carboxylic acids is 3. The minimum Gasteiger partial charge on any atom is -0.481 e. The third-order valence-electron chi connectivity index (χ3n) is 25.3. The molecular formula is C91H100Cl3N9O16. The summed E-state index contributed by atoms with van der Waals surface area (Å²) >= 11 is 18.5. The van der Waals surface area contributed by atoms with Gasteiger partial charge in [0.2, 0.25) is 47.3 Å². The third kappa shape index (κ3) is 20.1. The largest absolute Gasteiger partial charge is 0.481 e. The van der Waals surface area contributed by atoms with Gasteiger partial charge in [0.1, 0.15) is 11.6 Å². The molecule has 0 aliphatic heterocycles. The van der Waals surface area contributed by atoms with Crippen LogP contribution in [0.5, 0.6) is 0 Å². The minimum absolute atomic E-state index is 0.000229. The van der Waals surface area contributed by atoms with Gasteiger partial charge in [0, 0.05) is 90.5 Å². The van der Waals surface area contributed by atoms with Gasteiger partial charge in [0.15, 0.2) is 0 Å². The summed E-state index contributed by atoms with van der Waals surface area (Å²) in [6.07, 6.45) is 29.1. The Bertz CT molecular complexity index is 4960. The van der Waals surface area contributed by atoms with Crippen molar-refractivity contribution in [3.63, 3.8) is 0 Å². The zero-order valence-electron chi connectivity index (χ0n) is 67.0. The maximum Gasteiger partial charge on any atom is 0.307 e. The van der Waals surface area contributed by atoms with Crippen molar-refractivity contribution >= 4 is 163 Å². The Morgan fingerprint density at radius 2 is 0.647 bits per heavy atom. The maximum atomic E-state index is 12.9. The Kier molecular flexibility index (Phi) is 27.8. The number of carbonyl (C=O) groups is 13. The van der Waals surface area contributed by atoms with Gasteiger partial charge >= 0.3 is 17.9 Å². The predicted octanol–water partition coefficient (Wildman–Crippen LogP) is 15.5. The summed E-state index contributed by atoms with van der Waals surface area (Å²) in [5.74, 6) is -7.87. The molecule has 626 valence electrons. The van der Waals surface area contributed by atoms with E-state index >= 15 is 0 Å². The van der Waals surface area contributed by atoms with E-state index in [1.807, 2.05) is 98.8 Å². The number of halogens is 3. The van der Waals surface area contributed by atoms with Crippen LogP contribution in [0.15, 0.2) is 164 Å². The fourth-order valence-electron chi connectivity index (χ4n) is 19.7. The first-order valence-electron chi connectivity index (χ1n) is 40.4. The first-order chi connectivity index (χ1) is 56.7. The number of amides is 8. The van der Waals surface area contributed by atoms with E-state index in [1.54, 1.807) is 80.6 Å². The smallest absolute Gasteiger partial charge is 0.307 e. The molecule has 5 aromatic carbocycles. The molecule has 25 nitrogen and oxygen atoms in total. The molecule has 6 fully saturated rings. The maximum absolute atomic E-state index is 12.9. The molecule has 16 rings (SSSR count). The second-order valence-corrected chi connectivity index (χ2v) is 34.4. The summed E-state index contributed by atoms with van der Waals surface area (Å²) in [6, 6.07) is 29.6. The fraction of sp³-hybridized carbons (Fsp3) is 0.418. The number of Topliss-reactive ketones (excluding diaryl/α,β-unsaturated/α-hetero) is 2. The first-order valence-corrected chi connectivity index (χ1v) is 41.6. The van der Waals surface area contributed by atoms with E-state index in [-0.39, 0.29) is 148 Å². The van der Waals surface area contributed by atoms with Gasteiger partial charge in [0.25, 0.3) is 0 Å². The monoisotopic (exact) mass is 1680 g/mol. The number of ketones is 2. The van der Waals surface area contributed by atoms with Crippen LogP contribution in [0.3, 0.4) is 0 Å². The van der Waals surface area contributed by atoms with E-state index in [0.29, 0.717) is 61.3 Å². The topological polar surface area (TPSA) is 382 Å². The van der Waals surface area contributed by atoms with Crippen molar-refractivity contribution in [1.29, 1.82) is 0 Å². The Balaban J connectivity index is 0.000000137. The van der Waals surface area contributed by atoms with Crippen LogP contribution in [0, 0.1) is 131 Å². The van der Waals surface area contributed by atoms with Crippen molar-refractivity contribution in [2.45, 2.75) is 98.8 Å². The number of hydrogen-bond donors (Lipinski definition) is 11. The molecule has 20 atom stereocenters. The standard InChI is InChI=1S/C23H27ClN2O3.C17H17ClN2O4.C17H18ClNO2.C17H18N2O4.C17H20N2O3/c1-13(27)20-15-7-8-16(11-15)21(20)23(29)25-17-9-10-19(18(24)12-17)26-22(28)14-5-3-2-4-6-14;1-8(21)19-13-7-11(4-5-12(13)18)20-16(22)14-9-2-3-10(6-9)15(14)17(23)24;1-9-13(18)4-3-5-14(9)19-17(21)16-12-7-6-11(8-12)15(16)10(2)20;1-9(20)18-12-4-6-13(7-5-12)19-16(21)14-10-2-3-11(8-10)15(14)17(22)23;1-19(2)13-7-5-12(6-8-13)18-16(20)14-10-3-4-11(9-10)15(14)17(21)22/h7-10,12,14-16,20-21H,2-6,11H2,1H3,(H,25,29)(H,26,28);2-5,7,9-10,14-15H,6H2,1H3,(H,19,21)(H,20,22)(H,23,24);3-7,11-12,15-16H,8H2,1-2H3,(H,19,21);2-7,10-11,14-15H,8H2,1H3,(H,18,20)(H,19,21)(H,22,23);3-8,10-11,14-15H,9H2,1-2H3,(H,18,20)(H,21,22). The summed E-state index contributed by atoms with van der Waals surface area (Å²) in [5.41, 5.74) is 6.53. The van der Waals surface area contributed by atoms with Gasteiger partial charge in [-0.15, -0.1) is 0 Å². The van der Waals surface area contributed by atoms with Crippen LogP contribution in [0.25, 0.3) is 0 Å². The van der Waals surface area contributed by atoms with Crippen LogP contribution in [0.2, 0.25) is 15.1 Å². The number of carbonyl (C=O) groups excluding carboxylic acids is 10. The van der Waals surface area contributed by atoms with Gasteiger partial charge in [0.05, 0.1) is 68.8 Å². The van der Waals surface area contributed by atoms with Crippen molar-refractivity contribution in [1.82, 2.24) is 0 Å². The Morgan fingerprint density at radius 1 is 0.319 bits per heavy atom. The van der Waals surface area contributed by atoms with Gasteiger partial charge in [-0.1, -0.05) is 121 Å². The van der Waals surface area contributed by atoms with E-state index in [2.05, 4.69) is 66.8 Å². The summed E-state index contributed by atoms with van der Waals surface area (Å²) in [4.78, 5) is 158. The second kappa shape index (κ2) is 37.9. The van der Waals surface area contributed by atoms with Crippen LogP contribution in [0.1, 0.15) is 97.5 Å². The number of fused-ring (bicyclic) bond motifs is 10. The lowest BCUT2D eigenvalue weighted by Gasteiger charge is -2.25. The van der Waals surface area contributed by atoms with Crippen LogP contribution in [-0.4, -0.2) is 106 Å². The van der Waals surface area contributed by atoms with E-state index in [9.17, 15) is 77.6 Å². The molecule has 0 radical (unpaired) electrons. The van der Waals surface area contributed by atoms with Gasteiger partial charge < -0.3 is 62.8 Å². The molecule has 0 heterocycles. The summed E-state index contributed by atoms with van der Waals surface area (Å²) in [6.45, 7) is 7.82. The Labute approximate surface area is 705 Å². The first kappa shape index (κ1) is 87.3. The van der Waals surface area contributed by atoms with E-state index in [1.165, 1.54) is 20.3 Å². The molecule has 20 unspecified atom stereocenters. The number of nitrogens with zero attached hydrogens (tertiary/aromatic N) is 1. The molecule has 0 spiro atoms. The normalized spacial score (nSPS) is 28.3. The highest BCUT2D eigenvalue weighted by Gasteiger charge is 2.56. The van der Waals surface area contributed by atoms with Crippen molar-refractivity contribution < 1.29 is 77.6 Å². The third-order valence-corrected chi connectivity index (χ3v) is 26.3. The zero-order valence-corrected chi connectivity index (χ0v) is 69.3. The quantitative estimate of drug-likeness (QED) is 0.0322. The van der Waals surface area contributed by atoms with Crippen LogP contribution in [0.4, 0.5) is 51.2 Å². The summed E-state index contributed by atoms with van der Waals surface area (Å²) in [7, 11) is 3.90. The molecule has 5 aromatic rings. The average molecular weight is 1680 g/mol. The molecule has 11 N–H and O–H groups in total. The Morgan fingerprint density at radius 3 is 1.03 bits per heavy atom. The van der Waals surface area contributed by atoms with Gasteiger partial charge in [-0.3, -0.25) is 62.3 Å². The minimum atomic E-state index is -0.943. The molecule has 28 heteroatoms. The number of carboxylic acid groups (broad SMARTS) is 3. The molecular weight excluding hydrogens is 1580 g/mol. The molecule has 10 bridgehead atoms. The van der Waals surface area contributed by atoms with E-state index < -0.39 is 53.4 Å². The molecule has 11 aliphatic rings. The molecule has 119 heavy (non-hydrogen) atoms. The van der Waals surface area contributed by atoms with Crippen LogP contribution >= 0.6 is 34.8 Å². The summed E-state index contributed by atoms with van der Waals surface area (Å²) < 4.78 is 0. The van der Waals surface area contributed by atoms with E-state index in [4.69, 9.17) is 34.8 Å².